The Kier molecular flexibility index (Phi) is 6.81. The highest BCUT2D eigenvalue weighted by Gasteiger charge is 2.14. The molecule has 0 aliphatic carbocycles. The van der Waals surface area contributed by atoms with Crippen LogP contribution in [0.3, 0.4) is 0 Å². The SMILES string of the molecule is Cc1ccc([N+](=O)[O-])cc1NC(=O)CSc1nc(C)c(Cc2ccc(F)cc2)c(=O)[nH]1. The Morgan fingerprint density at radius 2 is 1.94 bits per heavy atom. The number of nitrogens with one attached hydrogen (secondary N) is 2. The molecule has 3 aromatic rings. The normalized spacial score (nSPS) is 10.7. The number of nitrogens with zero attached hydrogens (tertiary/aromatic N) is 2. The predicted octanol–water partition coefficient (Wildman–Crippen LogP) is 3.76. The van der Waals surface area contributed by atoms with E-state index >= 15 is 0 Å². The zero-order chi connectivity index (χ0) is 22.5. The third kappa shape index (κ3) is 5.76. The minimum Gasteiger partial charge on any atom is -0.325 e. The predicted molar refractivity (Wildman–Crippen MR) is 116 cm³/mol. The lowest BCUT2D eigenvalue weighted by atomic mass is 10.1. The third-order valence-corrected chi connectivity index (χ3v) is 5.41. The third-order valence-electron chi connectivity index (χ3n) is 4.54. The zero-order valence-electron chi connectivity index (χ0n) is 16.8. The first-order valence-electron chi connectivity index (χ1n) is 9.25. The second-order valence-corrected chi connectivity index (χ2v) is 7.80. The number of hydrogen-bond donors (Lipinski definition) is 2. The number of aromatic amines is 1. The Balaban J connectivity index is 1.66. The number of aryl methyl sites for hydroxylation is 2. The molecule has 31 heavy (non-hydrogen) atoms. The lowest BCUT2D eigenvalue weighted by Gasteiger charge is -2.09. The van der Waals surface area contributed by atoms with Crippen molar-refractivity contribution in [2.24, 2.45) is 0 Å². The summed E-state index contributed by atoms with van der Waals surface area (Å²) in [6, 6.07) is 10.1. The highest BCUT2D eigenvalue weighted by atomic mass is 32.2. The largest absolute Gasteiger partial charge is 0.325 e. The molecule has 0 atom stereocenters. The van der Waals surface area contributed by atoms with E-state index < -0.39 is 4.92 Å². The second-order valence-electron chi connectivity index (χ2n) is 6.83. The topological polar surface area (TPSA) is 118 Å². The van der Waals surface area contributed by atoms with Crippen LogP contribution in [0.5, 0.6) is 0 Å². The van der Waals surface area contributed by atoms with E-state index in [1.54, 1.807) is 32.0 Å². The van der Waals surface area contributed by atoms with E-state index in [1.807, 2.05) is 0 Å². The van der Waals surface area contributed by atoms with Gasteiger partial charge in [-0.05, 0) is 37.1 Å². The van der Waals surface area contributed by atoms with Crippen molar-refractivity contribution in [2.75, 3.05) is 11.1 Å². The summed E-state index contributed by atoms with van der Waals surface area (Å²) < 4.78 is 13.1. The standard InChI is InChI=1S/C21H19FN4O4S/c1-12-3-8-16(26(29)30)10-18(12)24-19(27)11-31-21-23-13(2)17(20(28)25-21)9-14-4-6-15(22)7-5-14/h3-8,10H,9,11H2,1-2H3,(H,24,27)(H,23,25,28). The van der Waals surface area contributed by atoms with E-state index in [9.17, 15) is 24.1 Å². The maximum atomic E-state index is 13.1. The number of anilines is 1. The molecule has 1 aromatic heterocycles. The average Bonchev–Trinajstić information content (AvgIpc) is 2.72. The van der Waals surface area contributed by atoms with Crippen LogP contribution in [0.1, 0.15) is 22.4 Å². The molecule has 10 heteroatoms. The van der Waals surface area contributed by atoms with Crippen LogP contribution in [0.4, 0.5) is 15.8 Å². The number of amides is 1. The summed E-state index contributed by atoms with van der Waals surface area (Å²) in [5.74, 6) is -0.774. The summed E-state index contributed by atoms with van der Waals surface area (Å²) in [6.07, 6.45) is 0.311. The van der Waals surface area contributed by atoms with Crippen LogP contribution in [-0.4, -0.2) is 26.6 Å². The molecular formula is C21H19FN4O4S. The van der Waals surface area contributed by atoms with Gasteiger partial charge in [-0.3, -0.25) is 19.7 Å². The van der Waals surface area contributed by atoms with Crippen LogP contribution in [0.15, 0.2) is 52.4 Å². The summed E-state index contributed by atoms with van der Waals surface area (Å²) >= 11 is 1.05. The van der Waals surface area contributed by atoms with Gasteiger partial charge in [0.1, 0.15) is 5.82 Å². The molecule has 0 radical (unpaired) electrons. The maximum absolute atomic E-state index is 13.1. The molecule has 0 fully saturated rings. The Morgan fingerprint density at radius 1 is 1.23 bits per heavy atom. The van der Waals surface area contributed by atoms with Crippen molar-refractivity contribution in [3.63, 3.8) is 0 Å². The molecule has 0 spiro atoms. The molecule has 2 N–H and O–H groups in total. The summed E-state index contributed by atoms with van der Waals surface area (Å²) in [6.45, 7) is 3.43. The van der Waals surface area contributed by atoms with Crippen molar-refractivity contribution >= 4 is 29.0 Å². The highest BCUT2D eigenvalue weighted by Crippen LogP contribution is 2.22. The fourth-order valence-electron chi connectivity index (χ4n) is 2.85. The van der Waals surface area contributed by atoms with Gasteiger partial charge >= 0.3 is 0 Å². The summed E-state index contributed by atoms with van der Waals surface area (Å²) in [5, 5.41) is 13.8. The Morgan fingerprint density at radius 3 is 2.58 bits per heavy atom. The van der Waals surface area contributed by atoms with Gasteiger partial charge < -0.3 is 10.3 Å². The number of nitro benzene ring substituents is 1. The molecule has 0 aliphatic rings. The van der Waals surface area contributed by atoms with Crippen molar-refractivity contribution in [3.8, 4) is 0 Å². The molecule has 2 aromatic carbocycles. The molecule has 0 saturated heterocycles. The Labute approximate surface area is 181 Å². The zero-order valence-corrected chi connectivity index (χ0v) is 17.6. The van der Waals surface area contributed by atoms with E-state index in [0.29, 0.717) is 28.9 Å². The highest BCUT2D eigenvalue weighted by molar-refractivity contribution is 7.99. The first kappa shape index (κ1) is 22.2. The molecule has 0 unspecified atom stereocenters. The molecule has 0 saturated carbocycles. The lowest BCUT2D eigenvalue weighted by Crippen LogP contribution is -2.19. The number of carbonyl (C=O) groups excluding carboxylic acids is 1. The van der Waals surface area contributed by atoms with E-state index in [0.717, 1.165) is 17.3 Å². The van der Waals surface area contributed by atoms with Crippen molar-refractivity contribution in [2.45, 2.75) is 25.4 Å². The van der Waals surface area contributed by atoms with Gasteiger partial charge in [0, 0.05) is 29.8 Å². The van der Waals surface area contributed by atoms with E-state index in [4.69, 9.17) is 0 Å². The molecule has 8 nitrogen and oxygen atoms in total. The number of thioether (sulfide) groups is 1. The smallest absolute Gasteiger partial charge is 0.271 e. The molecule has 0 aliphatic heterocycles. The van der Waals surface area contributed by atoms with Crippen LogP contribution in [0, 0.1) is 29.8 Å². The summed E-state index contributed by atoms with van der Waals surface area (Å²) in [7, 11) is 0. The number of non-ortho nitro benzene ring substituents is 1. The number of hydrogen-bond acceptors (Lipinski definition) is 6. The van der Waals surface area contributed by atoms with Crippen LogP contribution in [-0.2, 0) is 11.2 Å². The van der Waals surface area contributed by atoms with Crippen LogP contribution in [0.2, 0.25) is 0 Å². The molecule has 3 rings (SSSR count). The van der Waals surface area contributed by atoms with Crippen LogP contribution in [0.25, 0.3) is 0 Å². The van der Waals surface area contributed by atoms with E-state index in [1.165, 1.54) is 24.3 Å². The van der Waals surface area contributed by atoms with Crippen molar-refractivity contribution in [3.05, 3.63) is 91.1 Å². The molecule has 1 amide bonds. The lowest BCUT2D eigenvalue weighted by molar-refractivity contribution is -0.384. The minimum absolute atomic E-state index is 0.0399. The van der Waals surface area contributed by atoms with Gasteiger partial charge in [0.2, 0.25) is 5.91 Å². The van der Waals surface area contributed by atoms with Gasteiger partial charge in [-0.25, -0.2) is 9.37 Å². The van der Waals surface area contributed by atoms with Crippen LogP contribution >= 0.6 is 11.8 Å². The van der Waals surface area contributed by atoms with Crippen LogP contribution < -0.4 is 10.9 Å². The summed E-state index contributed by atoms with van der Waals surface area (Å²) in [4.78, 5) is 42.1. The number of nitro groups is 1. The van der Waals surface area contributed by atoms with Gasteiger partial charge in [-0.15, -0.1) is 0 Å². The average molecular weight is 442 g/mol. The Hall–Kier alpha value is -3.53. The second kappa shape index (κ2) is 9.52. The first-order valence-corrected chi connectivity index (χ1v) is 10.2. The molecular weight excluding hydrogens is 423 g/mol. The number of benzene rings is 2. The van der Waals surface area contributed by atoms with Crippen molar-refractivity contribution in [1.29, 1.82) is 0 Å². The van der Waals surface area contributed by atoms with Gasteiger partial charge in [0.15, 0.2) is 5.16 Å². The van der Waals surface area contributed by atoms with Gasteiger partial charge in [-0.2, -0.15) is 0 Å². The quantitative estimate of drug-likeness (QED) is 0.249. The van der Waals surface area contributed by atoms with Crippen molar-refractivity contribution in [1.82, 2.24) is 9.97 Å². The fraction of sp³-hybridized carbons (Fsp3) is 0.190. The maximum Gasteiger partial charge on any atom is 0.271 e. The number of aromatic nitrogens is 2. The number of carbonyl (C=O) groups is 1. The molecule has 0 bridgehead atoms. The minimum atomic E-state index is -0.533. The van der Waals surface area contributed by atoms with Crippen molar-refractivity contribution < 1.29 is 14.1 Å². The molecule has 160 valence electrons. The fourth-order valence-corrected chi connectivity index (χ4v) is 3.55. The number of rotatable bonds is 7. The Bertz CT molecular complexity index is 1190. The van der Waals surface area contributed by atoms with E-state index in [2.05, 4.69) is 15.3 Å². The number of halogens is 1. The van der Waals surface area contributed by atoms with E-state index in [-0.39, 0.29) is 33.9 Å². The van der Waals surface area contributed by atoms with Gasteiger partial charge in [0.05, 0.1) is 16.4 Å². The monoisotopic (exact) mass is 442 g/mol. The molecule has 1 heterocycles. The first-order chi connectivity index (χ1) is 14.7. The van der Waals surface area contributed by atoms with Gasteiger partial charge in [-0.1, -0.05) is 30.0 Å². The number of H-pyrrole nitrogens is 1. The van der Waals surface area contributed by atoms with Gasteiger partial charge in [0.25, 0.3) is 11.2 Å². The summed E-state index contributed by atoms with van der Waals surface area (Å²) in [5.41, 5.74) is 2.37.